The lowest BCUT2D eigenvalue weighted by atomic mass is 10.2. The number of hydrogen-bond donors (Lipinski definition) is 0. The van der Waals surface area contributed by atoms with Crippen LogP contribution in [0.4, 0.5) is 0 Å². The zero-order chi connectivity index (χ0) is 13.2. The van der Waals surface area contributed by atoms with Crippen molar-refractivity contribution in [3.8, 4) is 0 Å². The Hall–Kier alpha value is -1.91. The maximum atomic E-state index is 11.7. The summed E-state index contributed by atoms with van der Waals surface area (Å²) in [6, 6.07) is 10.8. The molecule has 0 spiro atoms. The van der Waals surface area contributed by atoms with Crippen molar-refractivity contribution in [3.63, 3.8) is 0 Å². The number of carbonyl (C=O) groups is 1. The summed E-state index contributed by atoms with van der Waals surface area (Å²) in [6.07, 6.45) is 1.72. The molecule has 3 rings (SSSR count). The van der Waals surface area contributed by atoms with Gasteiger partial charge in [-0.1, -0.05) is 17.7 Å². The molecule has 3 nitrogen and oxygen atoms in total. The van der Waals surface area contributed by atoms with Crippen LogP contribution in [0.1, 0.15) is 10.4 Å². The third-order valence-corrected chi connectivity index (χ3v) is 3.61. The number of hydrogen-bond acceptors (Lipinski definition) is 4. The summed E-state index contributed by atoms with van der Waals surface area (Å²) in [5.74, 6) is -0.122. The first-order chi connectivity index (χ1) is 9.22. The molecule has 1 aliphatic rings. The summed E-state index contributed by atoms with van der Waals surface area (Å²) in [7, 11) is 0. The number of aliphatic imine (C=N–C) groups is 1. The highest BCUT2D eigenvalue weighted by Crippen LogP contribution is 2.21. The van der Waals surface area contributed by atoms with Crippen molar-refractivity contribution in [2.75, 3.05) is 0 Å². The van der Waals surface area contributed by atoms with Crippen molar-refractivity contribution in [2.45, 2.75) is 0 Å². The van der Waals surface area contributed by atoms with E-state index in [1.807, 2.05) is 17.5 Å². The molecule has 0 saturated heterocycles. The van der Waals surface area contributed by atoms with Crippen LogP contribution in [0.15, 0.2) is 52.5 Å². The fourth-order valence-electron chi connectivity index (χ4n) is 1.63. The van der Waals surface area contributed by atoms with E-state index in [9.17, 15) is 4.79 Å². The maximum Gasteiger partial charge on any atom is 0.363 e. The lowest BCUT2D eigenvalue weighted by molar-refractivity contribution is -0.129. The Morgan fingerprint density at radius 1 is 1.21 bits per heavy atom. The first-order valence-electron chi connectivity index (χ1n) is 5.54. The van der Waals surface area contributed by atoms with Crippen molar-refractivity contribution in [1.82, 2.24) is 0 Å². The summed E-state index contributed by atoms with van der Waals surface area (Å²) in [5.41, 5.74) is 1.04. The highest BCUT2D eigenvalue weighted by molar-refractivity contribution is 7.10. The average Bonchev–Trinajstić information content (AvgIpc) is 3.02. The van der Waals surface area contributed by atoms with Crippen molar-refractivity contribution >= 4 is 40.9 Å². The number of cyclic esters (lactones) is 1. The standard InChI is InChI=1S/C14H8ClNO2S/c15-10-5-3-9(4-6-10)13-16-12(14(17)18-13)8-11-2-1-7-19-11/h1-8H. The minimum atomic E-state index is -0.432. The zero-order valence-corrected chi connectivity index (χ0v) is 11.2. The summed E-state index contributed by atoms with van der Waals surface area (Å²) in [6.45, 7) is 0. The van der Waals surface area contributed by atoms with Crippen molar-refractivity contribution in [3.05, 3.63) is 62.9 Å². The van der Waals surface area contributed by atoms with E-state index in [0.29, 0.717) is 16.6 Å². The number of esters is 1. The number of thiophene rings is 1. The fourth-order valence-corrected chi connectivity index (χ4v) is 2.41. The fraction of sp³-hybridized carbons (Fsp3) is 0. The van der Waals surface area contributed by atoms with Crippen LogP contribution >= 0.6 is 22.9 Å². The number of carbonyl (C=O) groups excluding carboxylic acids is 1. The Kier molecular flexibility index (Phi) is 3.19. The first kappa shape index (κ1) is 12.1. The van der Waals surface area contributed by atoms with Gasteiger partial charge in [-0.2, -0.15) is 0 Å². The highest BCUT2D eigenvalue weighted by Gasteiger charge is 2.24. The van der Waals surface area contributed by atoms with E-state index in [2.05, 4.69) is 4.99 Å². The van der Waals surface area contributed by atoms with Crippen molar-refractivity contribution < 1.29 is 9.53 Å². The molecule has 0 bridgehead atoms. The third-order valence-electron chi connectivity index (χ3n) is 2.53. The second-order valence-corrected chi connectivity index (χ2v) is 5.27. The summed E-state index contributed by atoms with van der Waals surface area (Å²) in [5, 5.41) is 2.57. The van der Waals surface area contributed by atoms with E-state index >= 15 is 0 Å². The Morgan fingerprint density at radius 2 is 2.00 bits per heavy atom. The van der Waals surface area contributed by atoms with Crippen molar-refractivity contribution in [2.24, 2.45) is 4.99 Å². The molecule has 0 aliphatic carbocycles. The smallest absolute Gasteiger partial charge is 0.363 e. The van der Waals surface area contributed by atoms with Crippen LogP contribution in [-0.4, -0.2) is 11.9 Å². The molecule has 2 aromatic rings. The molecule has 0 saturated carbocycles. The van der Waals surface area contributed by atoms with Crippen molar-refractivity contribution in [1.29, 1.82) is 0 Å². The molecule has 0 N–H and O–H groups in total. The summed E-state index contributed by atoms with van der Waals surface area (Å²) < 4.78 is 5.15. The van der Waals surface area contributed by atoms with E-state index in [1.54, 1.807) is 30.3 Å². The van der Waals surface area contributed by atoms with Crippen LogP contribution in [0.2, 0.25) is 5.02 Å². The highest BCUT2D eigenvalue weighted by atomic mass is 35.5. The van der Waals surface area contributed by atoms with Crippen LogP contribution < -0.4 is 0 Å². The van der Waals surface area contributed by atoms with Crippen LogP contribution in [0.25, 0.3) is 6.08 Å². The van der Waals surface area contributed by atoms with Gasteiger partial charge in [0.2, 0.25) is 5.90 Å². The number of rotatable bonds is 2. The molecule has 0 radical (unpaired) electrons. The predicted molar refractivity (Wildman–Crippen MR) is 76.4 cm³/mol. The minimum Gasteiger partial charge on any atom is -0.402 e. The van der Waals surface area contributed by atoms with E-state index in [-0.39, 0.29) is 0 Å². The minimum absolute atomic E-state index is 0.310. The molecule has 5 heteroatoms. The first-order valence-corrected chi connectivity index (χ1v) is 6.80. The number of ether oxygens (including phenoxy) is 1. The lowest BCUT2D eigenvalue weighted by Crippen LogP contribution is -2.04. The SMILES string of the molecule is O=C1OC(c2ccc(Cl)cc2)=NC1=Cc1cccs1. The molecule has 1 aromatic carbocycles. The Morgan fingerprint density at radius 3 is 2.68 bits per heavy atom. The summed E-state index contributed by atoms with van der Waals surface area (Å²) in [4.78, 5) is 16.9. The molecule has 94 valence electrons. The second-order valence-electron chi connectivity index (χ2n) is 3.86. The van der Waals surface area contributed by atoms with E-state index in [4.69, 9.17) is 16.3 Å². The van der Waals surface area contributed by atoms with Gasteiger partial charge in [-0.25, -0.2) is 9.79 Å². The quantitative estimate of drug-likeness (QED) is 0.624. The van der Waals surface area contributed by atoms with Gasteiger partial charge < -0.3 is 4.74 Å². The average molecular weight is 290 g/mol. The van der Waals surface area contributed by atoms with Gasteiger partial charge in [0.1, 0.15) is 0 Å². The molecular weight excluding hydrogens is 282 g/mol. The van der Waals surface area contributed by atoms with Crippen LogP contribution in [0.5, 0.6) is 0 Å². The number of benzene rings is 1. The Balaban J connectivity index is 1.93. The molecular formula is C14H8ClNO2S. The molecule has 1 aliphatic heterocycles. The molecule has 0 amide bonds. The molecule has 19 heavy (non-hydrogen) atoms. The topological polar surface area (TPSA) is 38.7 Å². The van der Waals surface area contributed by atoms with Gasteiger partial charge in [0.15, 0.2) is 5.70 Å². The van der Waals surface area contributed by atoms with Gasteiger partial charge in [-0.05, 0) is 41.8 Å². The van der Waals surface area contributed by atoms with E-state index in [0.717, 1.165) is 10.4 Å². The largest absolute Gasteiger partial charge is 0.402 e. The predicted octanol–water partition coefficient (Wildman–Crippen LogP) is 3.75. The lowest BCUT2D eigenvalue weighted by Gasteiger charge is -1.98. The van der Waals surface area contributed by atoms with Gasteiger partial charge >= 0.3 is 5.97 Å². The van der Waals surface area contributed by atoms with Crippen LogP contribution in [0.3, 0.4) is 0 Å². The molecule has 0 unspecified atom stereocenters. The second kappa shape index (κ2) is 4.99. The van der Waals surface area contributed by atoms with Gasteiger partial charge in [0.05, 0.1) is 0 Å². The van der Waals surface area contributed by atoms with Gasteiger partial charge in [-0.3, -0.25) is 0 Å². The monoisotopic (exact) mass is 289 g/mol. The molecule has 2 heterocycles. The molecule has 0 fully saturated rings. The van der Waals surface area contributed by atoms with Crippen LogP contribution in [-0.2, 0) is 9.53 Å². The van der Waals surface area contributed by atoms with Gasteiger partial charge in [0, 0.05) is 15.5 Å². The summed E-state index contributed by atoms with van der Waals surface area (Å²) >= 11 is 7.35. The Bertz CT molecular complexity index is 672. The number of nitrogens with zero attached hydrogens (tertiary/aromatic N) is 1. The zero-order valence-electron chi connectivity index (χ0n) is 9.67. The van der Waals surface area contributed by atoms with Crippen LogP contribution in [0, 0.1) is 0 Å². The Labute approximate surface area is 118 Å². The van der Waals surface area contributed by atoms with E-state index < -0.39 is 5.97 Å². The molecule has 0 atom stereocenters. The van der Waals surface area contributed by atoms with Gasteiger partial charge in [0.25, 0.3) is 0 Å². The molecule has 1 aromatic heterocycles. The number of halogens is 1. The maximum absolute atomic E-state index is 11.7. The third kappa shape index (κ3) is 2.59. The van der Waals surface area contributed by atoms with E-state index in [1.165, 1.54) is 11.3 Å². The normalized spacial score (nSPS) is 16.6. The van der Waals surface area contributed by atoms with Gasteiger partial charge in [-0.15, -0.1) is 11.3 Å².